The lowest BCUT2D eigenvalue weighted by atomic mass is 9.98. The Morgan fingerprint density at radius 2 is 2.00 bits per heavy atom. The van der Waals surface area contributed by atoms with Crippen LogP contribution in [0, 0.1) is 6.92 Å². The van der Waals surface area contributed by atoms with Crippen molar-refractivity contribution in [1.82, 2.24) is 9.97 Å². The van der Waals surface area contributed by atoms with Gasteiger partial charge in [0.15, 0.2) is 5.82 Å². The monoisotopic (exact) mass is 332 g/mol. The number of rotatable bonds is 4. The Balaban J connectivity index is 1.77. The summed E-state index contributed by atoms with van der Waals surface area (Å²) >= 11 is 6.15. The van der Waals surface area contributed by atoms with Crippen molar-refractivity contribution in [3.05, 3.63) is 35.1 Å². The first-order chi connectivity index (χ1) is 11.1. The van der Waals surface area contributed by atoms with E-state index in [1.54, 1.807) is 0 Å². The SMILES string of the molecule is Cc1ccc(Nc2ncnc(OC3CCCCC3)c2N)cc1Cl. The van der Waals surface area contributed by atoms with E-state index < -0.39 is 0 Å². The maximum atomic E-state index is 6.17. The van der Waals surface area contributed by atoms with Crippen molar-refractivity contribution < 1.29 is 4.74 Å². The molecule has 0 amide bonds. The van der Waals surface area contributed by atoms with Gasteiger partial charge in [0.25, 0.3) is 0 Å². The third kappa shape index (κ3) is 3.85. The van der Waals surface area contributed by atoms with Crippen molar-refractivity contribution in [2.45, 2.75) is 45.1 Å². The zero-order chi connectivity index (χ0) is 16.2. The maximum Gasteiger partial charge on any atom is 0.242 e. The van der Waals surface area contributed by atoms with Crippen LogP contribution >= 0.6 is 11.6 Å². The number of nitrogens with two attached hydrogens (primary N) is 1. The lowest BCUT2D eigenvalue weighted by Gasteiger charge is -2.23. The van der Waals surface area contributed by atoms with Gasteiger partial charge in [-0.05, 0) is 50.3 Å². The smallest absolute Gasteiger partial charge is 0.242 e. The fourth-order valence-electron chi connectivity index (χ4n) is 2.72. The second-order valence-electron chi connectivity index (χ2n) is 5.91. The lowest BCUT2D eigenvalue weighted by molar-refractivity contribution is 0.149. The van der Waals surface area contributed by atoms with Crippen LogP contribution in [0.25, 0.3) is 0 Å². The highest BCUT2D eigenvalue weighted by atomic mass is 35.5. The van der Waals surface area contributed by atoms with Gasteiger partial charge in [-0.25, -0.2) is 4.98 Å². The average Bonchev–Trinajstić information content (AvgIpc) is 2.56. The Bertz CT molecular complexity index is 686. The van der Waals surface area contributed by atoms with E-state index in [2.05, 4.69) is 15.3 Å². The highest BCUT2D eigenvalue weighted by Gasteiger charge is 2.18. The third-order valence-electron chi connectivity index (χ3n) is 4.11. The van der Waals surface area contributed by atoms with Gasteiger partial charge in [-0.1, -0.05) is 24.1 Å². The molecule has 1 fully saturated rings. The van der Waals surface area contributed by atoms with Gasteiger partial charge in [-0.15, -0.1) is 0 Å². The second-order valence-corrected chi connectivity index (χ2v) is 6.32. The summed E-state index contributed by atoms with van der Waals surface area (Å²) < 4.78 is 5.97. The van der Waals surface area contributed by atoms with E-state index in [4.69, 9.17) is 22.1 Å². The first-order valence-electron chi connectivity index (χ1n) is 7.94. The molecule has 0 unspecified atom stereocenters. The topological polar surface area (TPSA) is 73.1 Å². The van der Waals surface area contributed by atoms with Gasteiger partial charge >= 0.3 is 0 Å². The summed E-state index contributed by atoms with van der Waals surface area (Å²) in [6.45, 7) is 1.96. The minimum absolute atomic E-state index is 0.197. The van der Waals surface area contributed by atoms with Crippen molar-refractivity contribution in [2.24, 2.45) is 0 Å². The van der Waals surface area contributed by atoms with E-state index in [0.717, 1.165) is 24.1 Å². The van der Waals surface area contributed by atoms with E-state index in [1.165, 1.54) is 25.6 Å². The van der Waals surface area contributed by atoms with Crippen LogP contribution < -0.4 is 15.8 Å². The summed E-state index contributed by atoms with van der Waals surface area (Å²) in [6.07, 6.45) is 7.44. The van der Waals surface area contributed by atoms with Crippen LogP contribution in [-0.2, 0) is 0 Å². The normalized spacial score (nSPS) is 15.4. The van der Waals surface area contributed by atoms with Crippen molar-refractivity contribution in [2.75, 3.05) is 11.1 Å². The molecule has 0 spiro atoms. The standard InChI is InChI=1S/C17H21ClN4O/c1-11-7-8-12(9-14(11)18)22-16-15(19)17(21-10-20-16)23-13-5-3-2-4-6-13/h7-10,13H,2-6,19H2,1H3,(H,20,21,22). The molecule has 0 saturated heterocycles. The number of hydrogen-bond donors (Lipinski definition) is 2. The van der Waals surface area contributed by atoms with Crippen molar-refractivity contribution in [1.29, 1.82) is 0 Å². The van der Waals surface area contributed by atoms with E-state index in [9.17, 15) is 0 Å². The molecule has 6 heteroatoms. The molecule has 1 aliphatic carbocycles. The second kappa shape index (κ2) is 7.04. The van der Waals surface area contributed by atoms with Gasteiger partial charge in [0.2, 0.25) is 5.88 Å². The highest BCUT2D eigenvalue weighted by Crippen LogP contribution is 2.31. The largest absolute Gasteiger partial charge is 0.473 e. The summed E-state index contributed by atoms with van der Waals surface area (Å²) in [7, 11) is 0. The lowest BCUT2D eigenvalue weighted by Crippen LogP contribution is -2.21. The minimum Gasteiger partial charge on any atom is -0.473 e. The minimum atomic E-state index is 0.197. The highest BCUT2D eigenvalue weighted by molar-refractivity contribution is 6.31. The molecule has 1 aliphatic rings. The number of aromatic nitrogens is 2. The van der Waals surface area contributed by atoms with E-state index in [1.807, 2.05) is 25.1 Å². The first kappa shape index (κ1) is 15.9. The van der Waals surface area contributed by atoms with Crippen LogP contribution in [0.5, 0.6) is 5.88 Å². The number of nitrogen functional groups attached to an aromatic ring is 1. The number of ether oxygens (including phenoxy) is 1. The summed E-state index contributed by atoms with van der Waals surface area (Å²) in [5.74, 6) is 0.985. The maximum absolute atomic E-state index is 6.17. The number of benzene rings is 1. The number of aryl methyl sites for hydroxylation is 1. The molecule has 1 heterocycles. The molecule has 23 heavy (non-hydrogen) atoms. The predicted molar refractivity (Wildman–Crippen MR) is 93.4 cm³/mol. The summed E-state index contributed by atoms with van der Waals surface area (Å²) in [4.78, 5) is 8.39. The molecule has 1 aromatic heterocycles. The summed E-state index contributed by atoms with van der Waals surface area (Å²) in [6, 6.07) is 5.73. The Morgan fingerprint density at radius 1 is 1.22 bits per heavy atom. The van der Waals surface area contributed by atoms with Crippen LogP contribution in [0.2, 0.25) is 5.02 Å². The Labute approximate surface area is 141 Å². The van der Waals surface area contributed by atoms with Crippen LogP contribution in [0.4, 0.5) is 17.2 Å². The molecular formula is C17H21ClN4O. The molecule has 0 bridgehead atoms. The zero-order valence-electron chi connectivity index (χ0n) is 13.2. The summed E-state index contributed by atoms with van der Waals surface area (Å²) in [5, 5.41) is 3.87. The van der Waals surface area contributed by atoms with Crippen molar-refractivity contribution in [3.63, 3.8) is 0 Å². The number of halogens is 1. The molecule has 5 nitrogen and oxygen atoms in total. The third-order valence-corrected chi connectivity index (χ3v) is 4.52. The van der Waals surface area contributed by atoms with Gasteiger partial charge in [-0.2, -0.15) is 4.98 Å². The molecular weight excluding hydrogens is 312 g/mol. The zero-order valence-corrected chi connectivity index (χ0v) is 13.9. The number of anilines is 3. The molecule has 122 valence electrons. The number of nitrogens with one attached hydrogen (secondary N) is 1. The van der Waals surface area contributed by atoms with Crippen molar-refractivity contribution >= 4 is 28.8 Å². The summed E-state index contributed by atoms with van der Waals surface area (Å²) in [5.41, 5.74) is 8.45. The van der Waals surface area contributed by atoms with Crippen LogP contribution in [0.15, 0.2) is 24.5 Å². The molecule has 0 aliphatic heterocycles. The van der Waals surface area contributed by atoms with Crippen LogP contribution in [0.1, 0.15) is 37.7 Å². The van der Waals surface area contributed by atoms with E-state index in [0.29, 0.717) is 22.4 Å². The molecule has 3 rings (SSSR count). The Morgan fingerprint density at radius 3 is 2.74 bits per heavy atom. The molecule has 1 aromatic carbocycles. The Kier molecular flexibility index (Phi) is 4.86. The average molecular weight is 333 g/mol. The quantitative estimate of drug-likeness (QED) is 0.863. The van der Waals surface area contributed by atoms with Crippen LogP contribution in [-0.4, -0.2) is 16.1 Å². The van der Waals surface area contributed by atoms with E-state index >= 15 is 0 Å². The van der Waals surface area contributed by atoms with E-state index in [-0.39, 0.29) is 6.10 Å². The molecule has 0 radical (unpaired) electrons. The predicted octanol–water partition coefficient (Wildman–Crippen LogP) is 4.48. The molecule has 2 aromatic rings. The van der Waals surface area contributed by atoms with Gasteiger partial charge < -0.3 is 15.8 Å². The van der Waals surface area contributed by atoms with Crippen LogP contribution in [0.3, 0.4) is 0 Å². The molecule has 3 N–H and O–H groups in total. The number of hydrogen-bond acceptors (Lipinski definition) is 5. The van der Waals surface area contributed by atoms with Gasteiger partial charge in [0.1, 0.15) is 18.1 Å². The van der Waals surface area contributed by atoms with Gasteiger partial charge in [0, 0.05) is 10.7 Å². The van der Waals surface area contributed by atoms with Crippen molar-refractivity contribution in [3.8, 4) is 5.88 Å². The fraction of sp³-hybridized carbons (Fsp3) is 0.412. The Hall–Kier alpha value is -2.01. The van der Waals surface area contributed by atoms with Gasteiger partial charge in [0.05, 0.1) is 0 Å². The number of nitrogens with zero attached hydrogens (tertiary/aromatic N) is 2. The molecule has 0 atom stereocenters. The molecule has 1 saturated carbocycles. The first-order valence-corrected chi connectivity index (χ1v) is 8.31. The van der Waals surface area contributed by atoms with Gasteiger partial charge in [-0.3, -0.25) is 0 Å². The fourth-order valence-corrected chi connectivity index (χ4v) is 2.90.